The number of nitrogens with zero attached hydrogens (tertiary/aromatic N) is 2. The number of carboxylic acids is 1. The van der Waals surface area contributed by atoms with Gasteiger partial charge in [-0.3, -0.25) is 9.48 Å². The highest BCUT2D eigenvalue weighted by atomic mass is 35.5. The topological polar surface area (TPSA) is 81.1 Å². The molecule has 0 amide bonds. The summed E-state index contributed by atoms with van der Waals surface area (Å²) in [4.78, 5) is 10.7. The summed E-state index contributed by atoms with van der Waals surface area (Å²) in [7, 11) is 0. The summed E-state index contributed by atoms with van der Waals surface area (Å²) in [6.07, 6.45) is 1.56. The lowest BCUT2D eigenvalue weighted by atomic mass is 10.1. The highest BCUT2D eigenvalue weighted by molar-refractivity contribution is 6.31. The van der Waals surface area contributed by atoms with Crippen LogP contribution in [0.4, 0.5) is 0 Å². The Morgan fingerprint density at radius 2 is 2.43 bits per heavy atom. The van der Waals surface area contributed by atoms with Crippen LogP contribution in [0.25, 0.3) is 0 Å². The van der Waals surface area contributed by atoms with Crippen molar-refractivity contribution in [1.29, 1.82) is 0 Å². The number of aliphatic carboxylic acids is 1. The van der Waals surface area contributed by atoms with Gasteiger partial charge in [-0.05, 0) is 13.8 Å². The normalized spacial score (nSPS) is 15.1. The van der Waals surface area contributed by atoms with Gasteiger partial charge in [0.15, 0.2) is 0 Å². The van der Waals surface area contributed by atoms with Gasteiger partial charge >= 0.3 is 5.97 Å². The molecule has 0 fully saturated rings. The number of halogens is 1. The zero-order valence-electron chi connectivity index (χ0n) is 7.99. The van der Waals surface area contributed by atoms with E-state index in [1.165, 1.54) is 11.6 Å². The van der Waals surface area contributed by atoms with Crippen molar-refractivity contribution in [3.05, 3.63) is 16.9 Å². The Hall–Kier alpha value is -1.07. The predicted octanol–water partition coefficient (Wildman–Crippen LogP) is 0.647. The fourth-order valence-corrected chi connectivity index (χ4v) is 1.13. The molecule has 0 saturated carbocycles. The van der Waals surface area contributed by atoms with E-state index in [0.29, 0.717) is 10.7 Å². The Kier molecular flexibility index (Phi) is 2.82. The molecule has 0 aromatic carbocycles. The van der Waals surface area contributed by atoms with Crippen LogP contribution in [0, 0.1) is 6.92 Å². The molecular formula is C8H12ClN3O2. The minimum absolute atomic E-state index is 0.0931. The lowest BCUT2D eigenvalue weighted by molar-refractivity contribution is -0.143. The van der Waals surface area contributed by atoms with Crippen LogP contribution < -0.4 is 5.73 Å². The first-order valence-electron chi connectivity index (χ1n) is 4.05. The number of nitrogens with two attached hydrogens (primary N) is 1. The predicted molar refractivity (Wildman–Crippen MR) is 52.2 cm³/mol. The number of carboxylic acid groups (broad SMARTS) is 1. The smallest absolute Gasteiger partial charge is 0.325 e. The first kappa shape index (κ1) is 11.0. The lowest BCUT2D eigenvalue weighted by Crippen LogP contribution is -2.48. The molecule has 1 aromatic rings. The minimum Gasteiger partial charge on any atom is -0.480 e. The molecule has 1 aromatic heterocycles. The van der Waals surface area contributed by atoms with Crippen molar-refractivity contribution in [1.82, 2.24) is 9.78 Å². The van der Waals surface area contributed by atoms with Gasteiger partial charge in [-0.2, -0.15) is 5.10 Å². The average Bonchev–Trinajstić information content (AvgIpc) is 2.29. The molecule has 3 N–H and O–H groups in total. The minimum atomic E-state index is -1.33. The van der Waals surface area contributed by atoms with E-state index in [4.69, 9.17) is 22.4 Å². The molecule has 6 heteroatoms. The second-order valence-corrected chi connectivity index (χ2v) is 3.89. The van der Waals surface area contributed by atoms with Crippen LogP contribution in [0.1, 0.15) is 12.6 Å². The van der Waals surface area contributed by atoms with E-state index in [9.17, 15) is 4.79 Å². The maximum atomic E-state index is 10.7. The third-order valence-corrected chi connectivity index (χ3v) is 2.24. The fraction of sp³-hybridized carbons (Fsp3) is 0.500. The van der Waals surface area contributed by atoms with Crippen molar-refractivity contribution in [2.24, 2.45) is 5.73 Å². The van der Waals surface area contributed by atoms with Gasteiger partial charge in [0.05, 0.1) is 17.3 Å². The van der Waals surface area contributed by atoms with Crippen molar-refractivity contribution in [2.45, 2.75) is 25.9 Å². The second kappa shape index (κ2) is 3.59. The lowest BCUT2D eigenvalue weighted by Gasteiger charge is -2.18. The van der Waals surface area contributed by atoms with Gasteiger partial charge in [0.2, 0.25) is 0 Å². The van der Waals surface area contributed by atoms with Crippen LogP contribution in [-0.2, 0) is 11.3 Å². The zero-order valence-corrected chi connectivity index (χ0v) is 8.75. The molecule has 5 nitrogen and oxygen atoms in total. The monoisotopic (exact) mass is 217 g/mol. The summed E-state index contributed by atoms with van der Waals surface area (Å²) in [6.45, 7) is 3.27. The molecular weight excluding hydrogens is 206 g/mol. The van der Waals surface area contributed by atoms with Crippen molar-refractivity contribution in [2.75, 3.05) is 0 Å². The molecule has 14 heavy (non-hydrogen) atoms. The zero-order chi connectivity index (χ0) is 10.9. The van der Waals surface area contributed by atoms with E-state index in [2.05, 4.69) is 5.10 Å². The van der Waals surface area contributed by atoms with Crippen LogP contribution in [0.15, 0.2) is 6.20 Å². The summed E-state index contributed by atoms with van der Waals surface area (Å²) < 4.78 is 1.44. The average molecular weight is 218 g/mol. The SMILES string of the molecule is Cc1nn(CC(C)(N)C(=O)O)cc1Cl. The molecule has 1 heterocycles. The van der Waals surface area contributed by atoms with Crippen LogP contribution in [0.2, 0.25) is 5.02 Å². The molecule has 0 saturated heterocycles. The van der Waals surface area contributed by atoms with Gasteiger partial charge in [-0.1, -0.05) is 11.6 Å². The Balaban J connectivity index is 2.84. The molecule has 0 spiro atoms. The summed E-state index contributed by atoms with van der Waals surface area (Å²) in [5.41, 5.74) is 4.88. The summed E-state index contributed by atoms with van der Waals surface area (Å²) in [6, 6.07) is 0. The van der Waals surface area contributed by atoms with E-state index in [-0.39, 0.29) is 6.54 Å². The highest BCUT2D eigenvalue weighted by Gasteiger charge is 2.28. The maximum absolute atomic E-state index is 10.7. The number of rotatable bonds is 3. The molecule has 78 valence electrons. The van der Waals surface area contributed by atoms with Gasteiger partial charge in [0.1, 0.15) is 5.54 Å². The molecule has 1 atom stereocenters. The van der Waals surface area contributed by atoms with E-state index in [1.54, 1.807) is 13.1 Å². The number of aromatic nitrogens is 2. The number of carbonyl (C=O) groups is 1. The fourth-order valence-electron chi connectivity index (χ4n) is 0.979. The van der Waals surface area contributed by atoms with Crippen LogP contribution in [0.5, 0.6) is 0 Å². The van der Waals surface area contributed by atoms with Crippen molar-refractivity contribution >= 4 is 17.6 Å². The van der Waals surface area contributed by atoms with Crippen molar-refractivity contribution in [3.8, 4) is 0 Å². The number of hydrogen-bond acceptors (Lipinski definition) is 3. The summed E-state index contributed by atoms with van der Waals surface area (Å²) >= 11 is 5.77. The van der Waals surface area contributed by atoms with Gasteiger partial charge in [-0.15, -0.1) is 0 Å². The number of hydrogen-bond donors (Lipinski definition) is 2. The van der Waals surface area contributed by atoms with Crippen molar-refractivity contribution < 1.29 is 9.90 Å². The van der Waals surface area contributed by atoms with Gasteiger partial charge < -0.3 is 10.8 Å². The third kappa shape index (κ3) is 2.24. The standard InChI is InChI=1S/C8H12ClN3O2/c1-5-6(9)3-12(11-5)4-8(2,10)7(13)14/h3H,4,10H2,1-2H3,(H,13,14). The molecule has 0 aliphatic carbocycles. The van der Waals surface area contributed by atoms with E-state index >= 15 is 0 Å². The van der Waals surface area contributed by atoms with Crippen molar-refractivity contribution in [3.63, 3.8) is 0 Å². The largest absolute Gasteiger partial charge is 0.480 e. The first-order chi connectivity index (χ1) is 6.33. The van der Waals surface area contributed by atoms with E-state index in [0.717, 1.165) is 0 Å². The molecule has 0 radical (unpaired) electrons. The van der Waals surface area contributed by atoms with Crippen LogP contribution in [0.3, 0.4) is 0 Å². The molecule has 0 aliphatic rings. The van der Waals surface area contributed by atoms with Gasteiger partial charge in [0, 0.05) is 6.20 Å². The van der Waals surface area contributed by atoms with E-state index < -0.39 is 11.5 Å². The molecule has 1 unspecified atom stereocenters. The Labute approximate surface area is 86.5 Å². The van der Waals surface area contributed by atoms with Gasteiger partial charge in [0.25, 0.3) is 0 Å². The first-order valence-corrected chi connectivity index (χ1v) is 4.42. The third-order valence-electron chi connectivity index (χ3n) is 1.87. The highest BCUT2D eigenvalue weighted by Crippen LogP contribution is 2.13. The quantitative estimate of drug-likeness (QED) is 0.779. The van der Waals surface area contributed by atoms with Crippen LogP contribution in [-0.4, -0.2) is 26.4 Å². The Morgan fingerprint density at radius 3 is 2.79 bits per heavy atom. The van der Waals surface area contributed by atoms with E-state index in [1.807, 2.05) is 0 Å². The molecule has 0 aliphatic heterocycles. The maximum Gasteiger partial charge on any atom is 0.325 e. The molecule has 0 bridgehead atoms. The van der Waals surface area contributed by atoms with Gasteiger partial charge in [-0.25, -0.2) is 0 Å². The summed E-state index contributed by atoms with van der Waals surface area (Å²) in [5.74, 6) is -1.07. The van der Waals surface area contributed by atoms with Crippen LogP contribution >= 0.6 is 11.6 Å². The second-order valence-electron chi connectivity index (χ2n) is 3.48. The Morgan fingerprint density at radius 1 is 1.86 bits per heavy atom. The summed E-state index contributed by atoms with van der Waals surface area (Å²) in [5, 5.41) is 13.3. The molecule has 1 rings (SSSR count). The number of aryl methyl sites for hydroxylation is 1. The Bertz CT molecular complexity index is 340.